The van der Waals surface area contributed by atoms with E-state index in [9.17, 15) is 9.18 Å². The van der Waals surface area contributed by atoms with Crippen LogP contribution in [-0.4, -0.2) is 34.7 Å². The fraction of sp³-hybridized carbons (Fsp3) is 0.368. The summed E-state index contributed by atoms with van der Waals surface area (Å²) >= 11 is 5.78. The summed E-state index contributed by atoms with van der Waals surface area (Å²) in [6.07, 6.45) is 1.35. The molecule has 132 valence electrons. The lowest BCUT2D eigenvalue weighted by Crippen LogP contribution is -2.50. The van der Waals surface area contributed by atoms with Crippen molar-refractivity contribution in [3.63, 3.8) is 0 Å². The topological polar surface area (TPSA) is 42.4 Å². The van der Waals surface area contributed by atoms with Crippen LogP contribution in [0.3, 0.4) is 0 Å². The van der Waals surface area contributed by atoms with E-state index in [2.05, 4.69) is 4.98 Å². The number of hydrogen-bond donors (Lipinski definition) is 0. The van der Waals surface area contributed by atoms with Crippen LogP contribution in [0.1, 0.15) is 32.4 Å². The van der Waals surface area contributed by atoms with Crippen molar-refractivity contribution in [1.29, 1.82) is 0 Å². The molecule has 25 heavy (non-hydrogen) atoms. The van der Waals surface area contributed by atoms with E-state index in [1.165, 1.54) is 6.07 Å². The smallest absolute Gasteiger partial charge is 0.410 e. The van der Waals surface area contributed by atoms with Crippen molar-refractivity contribution in [2.24, 2.45) is 0 Å². The summed E-state index contributed by atoms with van der Waals surface area (Å²) in [6.45, 7) is 6.70. The van der Waals surface area contributed by atoms with Crippen LogP contribution in [-0.2, 0) is 4.74 Å². The van der Waals surface area contributed by atoms with Gasteiger partial charge in [0.2, 0.25) is 0 Å². The van der Waals surface area contributed by atoms with Crippen molar-refractivity contribution in [3.05, 3.63) is 53.1 Å². The fourth-order valence-corrected chi connectivity index (χ4v) is 2.83. The predicted octanol–water partition coefficient (Wildman–Crippen LogP) is 4.88. The highest BCUT2D eigenvalue weighted by Crippen LogP contribution is 2.30. The molecule has 0 saturated carbocycles. The Balaban J connectivity index is 1.64. The minimum absolute atomic E-state index is 0.177. The van der Waals surface area contributed by atoms with Crippen LogP contribution in [0.5, 0.6) is 0 Å². The number of amides is 1. The predicted molar refractivity (Wildman–Crippen MR) is 95.2 cm³/mol. The Morgan fingerprint density at radius 1 is 1.28 bits per heavy atom. The molecule has 0 radical (unpaired) electrons. The molecule has 0 atom stereocenters. The zero-order chi connectivity index (χ0) is 18.2. The first-order valence-electron chi connectivity index (χ1n) is 8.12. The van der Waals surface area contributed by atoms with Crippen molar-refractivity contribution in [2.45, 2.75) is 32.3 Å². The number of likely N-dealkylation sites (tertiary alicyclic amines) is 1. The summed E-state index contributed by atoms with van der Waals surface area (Å²) in [7, 11) is 0. The zero-order valence-corrected chi connectivity index (χ0v) is 15.2. The van der Waals surface area contributed by atoms with Gasteiger partial charge in [0.1, 0.15) is 11.4 Å². The van der Waals surface area contributed by atoms with Crippen LogP contribution in [0, 0.1) is 5.82 Å². The molecule has 0 bridgehead atoms. The Bertz CT molecular complexity index is 781. The lowest BCUT2D eigenvalue weighted by atomic mass is 9.95. The van der Waals surface area contributed by atoms with Gasteiger partial charge in [0.15, 0.2) is 0 Å². The molecular formula is C19H20ClFN2O2. The summed E-state index contributed by atoms with van der Waals surface area (Å²) < 4.78 is 19.3. The summed E-state index contributed by atoms with van der Waals surface area (Å²) in [4.78, 5) is 18.0. The number of rotatable bonds is 2. The lowest BCUT2D eigenvalue weighted by Gasteiger charge is -2.39. The highest BCUT2D eigenvalue weighted by molar-refractivity contribution is 6.30. The molecule has 1 fully saturated rings. The molecule has 3 rings (SSSR count). The standard InChI is InChI=1S/C19H20ClFN2O2/c1-19(2,3)25-18(24)23-10-13(11-23)17-7-4-12(9-22-17)15-6-5-14(20)8-16(15)21/h4-9,13H,10-11H2,1-3H3. The maximum absolute atomic E-state index is 14.0. The second-order valence-electron chi connectivity index (χ2n) is 7.18. The van der Waals surface area contributed by atoms with E-state index in [0.717, 1.165) is 5.69 Å². The molecule has 4 nitrogen and oxygen atoms in total. The second-order valence-corrected chi connectivity index (χ2v) is 7.61. The average molecular weight is 363 g/mol. The minimum atomic E-state index is -0.495. The monoisotopic (exact) mass is 362 g/mol. The highest BCUT2D eigenvalue weighted by Gasteiger charge is 2.35. The van der Waals surface area contributed by atoms with Crippen molar-refractivity contribution >= 4 is 17.7 Å². The number of nitrogens with zero attached hydrogens (tertiary/aromatic N) is 2. The molecule has 1 aromatic heterocycles. The number of carbonyl (C=O) groups is 1. The molecule has 2 aromatic rings. The third-order valence-electron chi connectivity index (χ3n) is 3.98. The minimum Gasteiger partial charge on any atom is -0.444 e. The number of halogens is 2. The van der Waals surface area contributed by atoms with E-state index in [1.807, 2.05) is 32.9 Å². The quantitative estimate of drug-likeness (QED) is 0.765. The van der Waals surface area contributed by atoms with Gasteiger partial charge in [-0.05, 0) is 45.0 Å². The first-order valence-corrected chi connectivity index (χ1v) is 8.50. The number of ether oxygens (including phenoxy) is 1. The largest absolute Gasteiger partial charge is 0.444 e. The average Bonchev–Trinajstić information content (AvgIpc) is 2.45. The van der Waals surface area contributed by atoms with Gasteiger partial charge in [-0.3, -0.25) is 4.98 Å². The number of carbonyl (C=O) groups excluding carboxylic acids is 1. The zero-order valence-electron chi connectivity index (χ0n) is 14.4. The number of aromatic nitrogens is 1. The highest BCUT2D eigenvalue weighted by atomic mass is 35.5. The van der Waals surface area contributed by atoms with Gasteiger partial charge in [0.25, 0.3) is 0 Å². The number of benzene rings is 1. The lowest BCUT2D eigenvalue weighted by molar-refractivity contribution is 0.00788. The van der Waals surface area contributed by atoms with E-state index in [-0.39, 0.29) is 17.8 Å². The van der Waals surface area contributed by atoms with E-state index < -0.39 is 5.60 Å². The molecular weight excluding hydrogens is 343 g/mol. The van der Waals surface area contributed by atoms with E-state index >= 15 is 0 Å². The van der Waals surface area contributed by atoms with Crippen molar-refractivity contribution in [3.8, 4) is 11.1 Å². The second kappa shape index (κ2) is 6.64. The molecule has 1 aliphatic rings. The molecule has 0 N–H and O–H groups in total. The Hall–Kier alpha value is -2.14. The Morgan fingerprint density at radius 3 is 2.56 bits per heavy atom. The molecule has 0 unspecified atom stereocenters. The van der Waals surface area contributed by atoms with E-state index in [1.54, 1.807) is 23.2 Å². The van der Waals surface area contributed by atoms with Crippen LogP contribution < -0.4 is 0 Å². The van der Waals surface area contributed by atoms with Gasteiger partial charge in [-0.25, -0.2) is 9.18 Å². The van der Waals surface area contributed by atoms with Gasteiger partial charge in [-0.15, -0.1) is 0 Å². The third kappa shape index (κ3) is 4.10. The summed E-state index contributed by atoms with van der Waals surface area (Å²) in [5.74, 6) is -0.196. The van der Waals surface area contributed by atoms with Gasteiger partial charge in [0, 0.05) is 47.0 Å². The van der Waals surface area contributed by atoms with E-state index in [0.29, 0.717) is 29.2 Å². The van der Waals surface area contributed by atoms with Crippen molar-refractivity contribution in [2.75, 3.05) is 13.1 Å². The summed E-state index contributed by atoms with van der Waals surface area (Å²) in [5.41, 5.74) is 1.55. The van der Waals surface area contributed by atoms with Gasteiger partial charge in [-0.2, -0.15) is 0 Å². The number of pyridine rings is 1. The molecule has 1 saturated heterocycles. The first-order chi connectivity index (χ1) is 11.7. The summed E-state index contributed by atoms with van der Waals surface area (Å²) in [5, 5.41) is 0.363. The fourth-order valence-electron chi connectivity index (χ4n) is 2.67. The molecule has 1 amide bonds. The maximum Gasteiger partial charge on any atom is 0.410 e. The van der Waals surface area contributed by atoms with Crippen LogP contribution in [0.4, 0.5) is 9.18 Å². The van der Waals surface area contributed by atoms with Crippen LogP contribution >= 0.6 is 11.6 Å². The van der Waals surface area contributed by atoms with E-state index in [4.69, 9.17) is 16.3 Å². The van der Waals surface area contributed by atoms with Gasteiger partial charge in [0.05, 0.1) is 0 Å². The van der Waals surface area contributed by atoms with Crippen molar-refractivity contribution in [1.82, 2.24) is 9.88 Å². The van der Waals surface area contributed by atoms with Crippen LogP contribution in [0.15, 0.2) is 36.5 Å². The maximum atomic E-state index is 14.0. The molecule has 0 spiro atoms. The van der Waals surface area contributed by atoms with Crippen molar-refractivity contribution < 1.29 is 13.9 Å². The Labute approximate surface area is 151 Å². The van der Waals surface area contributed by atoms with Gasteiger partial charge in [-0.1, -0.05) is 17.7 Å². The first kappa shape index (κ1) is 17.7. The third-order valence-corrected chi connectivity index (χ3v) is 4.22. The van der Waals surface area contributed by atoms with Gasteiger partial charge >= 0.3 is 6.09 Å². The van der Waals surface area contributed by atoms with Crippen LogP contribution in [0.25, 0.3) is 11.1 Å². The molecule has 6 heteroatoms. The summed E-state index contributed by atoms with van der Waals surface area (Å²) in [6, 6.07) is 8.29. The molecule has 1 aromatic carbocycles. The molecule has 2 heterocycles. The molecule has 0 aliphatic carbocycles. The molecule has 1 aliphatic heterocycles. The normalized spacial score (nSPS) is 15.0. The Morgan fingerprint density at radius 2 is 2.00 bits per heavy atom. The van der Waals surface area contributed by atoms with Crippen LogP contribution in [0.2, 0.25) is 5.02 Å². The Kier molecular flexibility index (Phi) is 4.69. The SMILES string of the molecule is CC(C)(C)OC(=O)N1CC(c2ccc(-c3ccc(Cl)cc3F)cn2)C1. The number of hydrogen-bond acceptors (Lipinski definition) is 3. The van der Waals surface area contributed by atoms with Gasteiger partial charge < -0.3 is 9.64 Å².